The van der Waals surface area contributed by atoms with Crippen molar-refractivity contribution in [3.05, 3.63) is 17.5 Å². The van der Waals surface area contributed by atoms with Crippen LogP contribution in [0.3, 0.4) is 0 Å². The maximum absolute atomic E-state index is 10.9. The van der Waals surface area contributed by atoms with Crippen molar-refractivity contribution in [1.82, 2.24) is 10.5 Å². The minimum Gasteiger partial charge on any atom is -0.481 e. The van der Waals surface area contributed by atoms with E-state index in [1.165, 1.54) is 0 Å². The Morgan fingerprint density at radius 3 is 2.79 bits per heavy atom. The van der Waals surface area contributed by atoms with Gasteiger partial charge in [0.25, 0.3) is 0 Å². The third-order valence-corrected chi connectivity index (χ3v) is 3.70. The van der Waals surface area contributed by atoms with Crippen molar-refractivity contribution in [3.8, 4) is 0 Å². The summed E-state index contributed by atoms with van der Waals surface area (Å²) in [5.41, 5.74) is 0.00499. The van der Waals surface area contributed by atoms with E-state index in [4.69, 9.17) is 9.63 Å². The number of rotatable bonds is 5. The molecule has 19 heavy (non-hydrogen) atoms. The van der Waals surface area contributed by atoms with Crippen LogP contribution in [0.1, 0.15) is 37.1 Å². The van der Waals surface area contributed by atoms with E-state index < -0.39 is 11.6 Å². The number of carboxylic acids is 1. The van der Waals surface area contributed by atoms with Crippen LogP contribution in [0.4, 0.5) is 0 Å². The summed E-state index contributed by atoms with van der Waals surface area (Å²) in [6, 6.07) is 1.85. The highest BCUT2D eigenvalue weighted by molar-refractivity contribution is 5.70. The lowest BCUT2D eigenvalue weighted by Crippen LogP contribution is -2.44. The molecular weight excluding hydrogens is 248 g/mol. The number of aliphatic hydroxyl groups is 1. The molecule has 0 atom stereocenters. The quantitative estimate of drug-likeness (QED) is 0.739. The van der Waals surface area contributed by atoms with Gasteiger partial charge in [0.05, 0.1) is 17.2 Å². The van der Waals surface area contributed by atoms with Gasteiger partial charge >= 0.3 is 5.97 Å². The molecule has 0 saturated heterocycles. The van der Waals surface area contributed by atoms with Gasteiger partial charge in [-0.2, -0.15) is 0 Å². The van der Waals surface area contributed by atoms with Crippen molar-refractivity contribution < 1.29 is 19.5 Å². The van der Waals surface area contributed by atoms with E-state index in [1.54, 1.807) is 0 Å². The Labute approximate surface area is 111 Å². The number of hydrogen-bond acceptors (Lipinski definition) is 5. The monoisotopic (exact) mass is 268 g/mol. The number of hydrogen-bond donors (Lipinski definition) is 3. The second-order valence-electron chi connectivity index (χ2n) is 5.37. The fraction of sp³-hybridized carbons (Fsp3) is 0.692. The van der Waals surface area contributed by atoms with Gasteiger partial charge < -0.3 is 20.1 Å². The molecule has 1 fully saturated rings. The van der Waals surface area contributed by atoms with Gasteiger partial charge in [-0.25, -0.2) is 0 Å². The van der Waals surface area contributed by atoms with Crippen LogP contribution in [0.25, 0.3) is 0 Å². The summed E-state index contributed by atoms with van der Waals surface area (Å²) >= 11 is 0. The third-order valence-electron chi connectivity index (χ3n) is 3.70. The molecule has 0 unspecified atom stereocenters. The van der Waals surface area contributed by atoms with E-state index in [2.05, 4.69) is 10.5 Å². The molecule has 1 aromatic rings. The summed E-state index contributed by atoms with van der Waals surface area (Å²) in [5.74, 6) is -0.302. The molecule has 6 nitrogen and oxygen atoms in total. The van der Waals surface area contributed by atoms with Gasteiger partial charge in [-0.3, -0.25) is 4.79 Å². The first-order chi connectivity index (χ1) is 8.98. The Kier molecular flexibility index (Phi) is 4.21. The molecule has 1 saturated carbocycles. The maximum atomic E-state index is 10.9. The smallest absolute Gasteiger partial charge is 0.306 e. The second-order valence-corrected chi connectivity index (χ2v) is 5.37. The van der Waals surface area contributed by atoms with Crippen LogP contribution in [-0.2, 0) is 11.3 Å². The first-order valence-electron chi connectivity index (χ1n) is 6.57. The van der Waals surface area contributed by atoms with Crippen LogP contribution in [0.5, 0.6) is 0 Å². The predicted octanol–water partition coefficient (Wildman–Crippen LogP) is 1.08. The zero-order chi connectivity index (χ0) is 13.9. The summed E-state index contributed by atoms with van der Waals surface area (Å²) in [6.07, 6.45) is 2.12. The summed E-state index contributed by atoms with van der Waals surface area (Å²) in [6.45, 7) is 2.82. The Hall–Kier alpha value is -1.40. The average Bonchev–Trinajstić information content (AvgIpc) is 2.75. The molecule has 1 aliphatic rings. The standard InChI is InChI=1S/C13H20N2O4/c1-9-6-11(15-19-9)7-14-8-13(18)4-2-10(3-5-13)12(16)17/h6,10,14,18H,2-5,7-8H2,1H3,(H,16,17). The molecule has 6 heteroatoms. The van der Waals surface area contributed by atoms with Gasteiger partial charge in [0.15, 0.2) is 0 Å². The number of aromatic nitrogens is 1. The molecule has 0 aliphatic heterocycles. The zero-order valence-electron chi connectivity index (χ0n) is 11.1. The molecule has 0 radical (unpaired) electrons. The van der Waals surface area contributed by atoms with Crippen molar-refractivity contribution in [1.29, 1.82) is 0 Å². The highest BCUT2D eigenvalue weighted by atomic mass is 16.5. The molecular formula is C13H20N2O4. The SMILES string of the molecule is Cc1cc(CNCC2(O)CCC(C(=O)O)CC2)no1. The molecule has 0 aromatic carbocycles. The first kappa shape index (κ1) is 14.0. The van der Waals surface area contributed by atoms with Crippen molar-refractivity contribution in [3.63, 3.8) is 0 Å². The fourth-order valence-corrected chi connectivity index (χ4v) is 2.50. The lowest BCUT2D eigenvalue weighted by Gasteiger charge is -2.34. The van der Waals surface area contributed by atoms with Crippen LogP contribution in [0.2, 0.25) is 0 Å². The molecule has 1 heterocycles. The van der Waals surface area contributed by atoms with Gasteiger partial charge in [0.2, 0.25) is 0 Å². The van der Waals surface area contributed by atoms with Gasteiger partial charge in [0, 0.05) is 19.2 Å². The third kappa shape index (κ3) is 3.78. The lowest BCUT2D eigenvalue weighted by atomic mass is 9.79. The zero-order valence-corrected chi connectivity index (χ0v) is 11.1. The van der Waals surface area contributed by atoms with E-state index in [0.29, 0.717) is 38.8 Å². The average molecular weight is 268 g/mol. The Bertz CT molecular complexity index is 436. The first-order valence-corrected chi connectivity index (χ1v) is 6.57. The summed E-state index contributed by atoms with van der Waals surface area (Å²) in [5, 5.41) is 26.3. The van der Waals surface area contributed by atoms with Gasteiger partial charge in [-0.15, -0.1) is 0 Å². The number of aliphatic carboxylic acids is 1. The van der Waals surface area contributed by atoms with E-state index in [9.17, 15) is 9.90 Å². The van der Waals surface area contributed by atoms with Crippen LogP contribution < -0.4 is 5.32 Å². The molecule has 1 aromatic heterocycles. The van der Waals surface area contributed by atoms with E-state index in [1.807, 2.05) is 13.0 Å². The van der Waals surface area contributed by atoms with Crippen molar-refractivity contribution in [2.24, 2.45) is 5.92 Å². The molecule has 3 N–H and O–H groups in total. The Balaban J connectivity index is 1.75. The van der Waals surface area contributed by atoms with E-state index in [-0.39, 0.29) is 5.92 Å². The summed E-state index contributed by atoms with van der Waals surface area (Å²) in [7, 11) is 0. The molecule has 2 rings (SSSR count). The molecule has 0 bridgehead atoms. The molecule has 0 amide bonds. The normalized spacial score (nSPS) is 27.4. The van der Waals surface area contributed by atoms with Gasteiger partial charge in [-0.05, 0) is 32.6 Å². The minimum atomic E-state index is -0.801. The van der Waals surface area contributed by atoms with E-state index >= 15 is 0 Å². The highest BCUT2D eigenvalue weighted by Gasteiger charge is 2.35. The number of nitrogens with zero attached hydrogens (tertiary/aromatic N) is 1. The fourth-order valence-electron chi connectivity index (χ4n) is 2.50. The topological polar surface area (TPSA) is 95.6 Å². The van der Waals surface area contributed by atoms with Crippen molar-refractivity contribution in [2.45, 2.75) is 44.8 Å². The maximum Gasteiger partial charge on any atom is 0.306 e. The van der Waals surface area contributed by atoms with Crippen molar-refractivity contribution >= 4 is 5.97 Å². The number of carbonyl (C=O) groups is 1. The van der Waals surface area contributed by atoms with Crippen molar-refractivity contribution in [2.75, 3.05) is 6.54 Å². The molecule has 106 valence electrons. The number of aryl methyl sites for hydroxylation is 1. The van der Waals surface area contributed by atoms with Crippen LogP contribution in [0.15, 0.2) is 10.6 Å². The van der Waals surface area contributed by atoms with Crippen LogP contribution >= 0.6 is 0 Å². The predicted molar refractivity (Wildman–Crippen MR) is 67.5 cm³/mol. The lowest BCUT2D eigenvalue weighted by molar-refractivity contribution is -0.144. The second kappa shape index (κ2) is 5.71. The molecule has 0 spiro atoms. The largest absolute Gasteiger partial charge is 0.481 e. The number of carboxylic acid groups (broad SMARTS) is 1. The Morgan fingerprint density at radius 2 is 2.26 bits per heavy atom. The minimum absolute atomic E-state index is 0.307. The Morgan fingerprint density at radius 1 is 1.58 bits per heavy atom. The van der Waals surface area contributed by atoms with Crippen LogP contribution in [0, 0.1) is 12.8 Å². The number of nitrogens with one attached hydrogen (secondary N) is 1. The van der Waals surface area contributed by atoms with E-state index in [0.717, 1.165) is 11.5 Å². The summed E-state index contributed by atoms with van der Waals surface area (Å²) < 4.78 is 4.95. The molecule has 1 aliphatic carbocycles. The van der Waals surface area contributed by atoms with Gasteiger partial charge in [-0.1, -0.05) is 5.16 Å². The van der Waals surface area contributed by atoms with Gasteiger partial charge in [0.1, 0.15) is 5.76 Å². The summed E-state index contributed by atoms with van der Waals surface area (Å²) in [4.78, 5) is 10.9. The van der Waals surface area contributed by atoms with Crippen LogP contribution in [-0.4, -0.2) is 33.5 Å². The highest BCUT2D eigenvalue weighted by Crippen LogP contribution is 2.31.